The molecule has 1 aromatic rings. The van der Waals surface area contributed by atoms with E-state index >= 15 is 0 Å². The Hall–Kier alpha value is -1.02. The molecule has 0 aliphatic carbocycles. The number of nitrogens with one attached hydrogen (secondary N) is 1. The van der Waals surface area contributed by atoms with Crippen LogP contribution in [0, 0.1) is 0 Å². The maximum Gasteiger partial charge on any atom is 0.120 e. The van der Waals surface area contributed by atoms with Crippen molar-refractivity contribution in [2.24, 2.45) is 0 Å². The van der Waals surface area contributed by atoms with Crippen molar-refractivity contribution in [1.82, 2.24) is 5.32 Å². The lowest BCUT2D eigenvalue weighted by molar-refractivity contribution is 0.441. The lowest BCUT2D eigenvalue weighted by Crippen LogP contribution is -2.21. The van der Waals surface area contributed by atoms with Gasteiger partial charge in [0.1, 0.15) is 5.75 Å². The van der Waals surface area contributed by atoms with Crippen LogP contribution >= 0.6 is 0 Å². The van der Waals surface area contributed by atoms with E-state index in [0.717, 1.165) is 24.9 Å². The molecule has 0 bridgehead atoms. The third-order valence-corrected chi connectivity index (χ3v) is 2.36. The molecule has 0 saturated heterocycles. The predicted molar refractivity (Wildman–Crippen MR) is 59.4 cm³/mol. The Labute approximate surface area is 86.0 Å². The molecule has 0 amide bonds. The van der Waals surface area contributed by atoms with E-state index < -0.39 is 0 Å². The zero-order valence-electron chi connectivity index (χ0n) is 8.96. The summed E-state index contributed by atoms with van der Waals surface area (Å²) in [7, 11) is 0. The van der Waals surface area contributed by atoms with Gasteiger partial charge in [-0.2, -0.15) is 0 Å². The number of rotatable bonds is 5. The van der Waals surface area contributed by atoms with Crippen LogP contribution < -0.4 is 5.32 Å². The number of para-hydroxylation sites is 1. The summed E-state index contributed by atoms with van der Waals surface area (Å²) in [5.74, 6) is 0.392. The maximum atomic E-state index is 9.67. The van der Waals surface area contributed by atoms with E-state index in [9.17, 15) is 5.11 Å². The molecule has 0 aliphatic heterocycles. The monoisotopic (exact) mass is 193 g/mol. The van der Waals surface area contributed by atoms with Crippen molar-refractivity contribution in [3.63, 3.8) is 0 Å². The fourth-order valence-corrected chi connectivity index (χ4v) is 1.57. The molecule has 0 aliphatic rings. The van der Waals surface area contributed by atoms with E-state index in [4.69, 9.17) is 0 Å². The average molecular weight is 193 g/mol. The van der Waals surface area contributed by atoms with Crippen LogP contribution in [0.25, 0.3) is 0 Å². The van der Waals surface area contributed by atoms with Crippen molar-refractivity contribution < 1.29 is 5.11 Å². The quantitative estimate of drug-likeness (QED) is 0.753. The normalized spacial score (nSPS) is 12.7. The zero-order chi connectivity index (χ0) is 10.4. The minimum absolute atomic E-state index is 0.274. The average Bonchev–Trinajstić information content (AvgIpc) is 2.21. The van der Waals surface area contributed by atoms with Gasteiger partial charge in [0.05, 0.1) is 0 Å². The van der Waals surface area contributed by atoms with Crippen LogP contribution in [-0.4, -0.2) is 11.7 Å². The highest BCUT2D eigenvalue weighted by Crippen LogP contribution is 2.25. The van der Waals surface area contributed by atoms with Gasteiger partial charge in [0.25, 0.3) is 0 Å². The van der Waals surface area contributed by atoms with Crippen molar-refractivity contribution in [3.05, 3.63) is 29.8 Å². The summed E-state index contributed by atoms with van der Waals surface area (Å²) in [6.45, 7) is 5.26. The van der Waals surface area contributed by atoms with Crippen LogP contribution in [0.15, 0.2) is 24.3 Å². The third-order valence-electron chi connectivity index (χ3n) is 2.36. The summed E-state index contributed by atoms with van der Waals surface area (Å²) in [5, 5.41) is 13.1. The smallest absolute Gasteiger partial charge is 0.120 e. The van der Waals surface area contributed by atoms with Crippen molar-refractivity contribution in [1.29, 1.82) is 0 Å². The molecule has 2 heteroatoms. The first kappa shape index (κ1) is 11.1. The minimum atomic E-state index is 0.274. The summed E-state index contributed by atoms with van der Waals surface area (Å²) in [5.41, 5.74) is 1.00. The number of phenolic OH excluding ortho intramolecular Hbond substituents is 1. The summed E-state index contributed by atoms with van der Waals surface area (Å²) in [6.07, 6.45) is 2.11. The molecular formula is C12H19NO. The molecular weight excluding hydrogens is 174 g/mol. The van der Waals surface area contributed by atoms with Crippen LogP contribution in [0.4, 0.5) is 0 Å². The van der Waals surface area contributed by atoms with E-state index in [1.54, 1.807) is 6.07 Å². The summed E-state index contributed by atoms with van der Waals surface area (Å²) >= 11 is 0. The van der Waals surface area contributed by atoms with Gasteiger partial charge >= 0.3 is 0 Å². The van der Waals surface area contributed by atoms with E-state index in [2.05, 4.69) is 19.2 Å². The minimum Gasteiger partial charge on any atom is -0.508 e. The summed E-state index contributed by atoms with van der Waals surface area (Å²) in [6, 6.07) is 7.81. The number of hydrogen-bond acceptors (Lipinski definition) is 2. The first-order valence-corrected chi connectivity index (χ1v) is 5.30. The Balaban J connectivity index is 2.73. The Morgan fingerprint density at radius 2 is 2.00 bits per heavy atom. The molecule has 1 unspecified atom stereocenters. The molecule has 0 spiro atoms. The van der Waals surface area contributed by atoms with E-state index in [1.165, 1.54) is 0 Å². The highest BCUT2D eigenvalue weighted by molar-refractivity contribution is 5.34. The van der Waals surface area contributed by atoms with Gasteiger partial charge in [-0.3, -0.25) is 0 Å². The van der Waals surface area contributed by atoms with Crippen molar-refractivity contribution in [2.75, 3.05) is 6.54 Å². The van der Waals surface area contributed by atoms with Crippen LogP contribution in [-0.2, 0) is 0 Å². The van der Waals surface area contributed by atoms with Gasteiger partial charge in [-0.05, 0) is 25.5 Å². The molecule has 2 N–H and O–H groups in total. The first-order valence-electron chi connectivity index (χ1n) is 5.30. The molecule has 0 fully saturated rings. The molecule has 1 atom stereocenters. The Morgan fingerprint density at radius 3 is 2.57 bits per heavy atom. The van der Waals surface area contributed by atoms with E-state index in [-0.39, 0.29) is 6.04 Å². The predicted octanol–water partition coefficient (Wildman–Crippen LogP) is 2.84. The molecule has 1 aromatic carbocycles. The molecule has 1 rings (SSSR count). The lowest BCUT2D eigenvalue weighted by Gasteiger charge is -2.17. The molecule has 2 nitrogen and oxygen atoms in total. The second-order valence-corrected chi connectivity index (χ2v) is 3.47. The SMILES string of the molecule is CCCNC(CC)c1ccccc1O. The lowest BCUT2D eigenvalue weighted by atomic mass is 10.0. The van der Waals surface area contributed by atoms with Gasteiger partial charge in [0.2, 0.25) is 0 Å². The van der Waals surface area contributed by atoms with Gasteiger partial charge in [0.15, 0.2) is 0 Å². The topological polar surface area (TPSA) is 32.3 Å². The maximum absolute atomic E-state index is 9.67. The first-order chi connectivity index (χ1) is 6.79. The van der Waals surface area contributed by atoms with Gasteiger partial charge in [0, 0.05) is 11.6 Å². The van der Waals surface area contributed by atoms with Gasteiger partial charge in [-0.1, -0.05) is 32.0 Å². The van der Waals surface area contributed by atoms with Crippen molar-refractivity contribution in [3.8, 4) is 5.75 Å². The van der Waals surface area contributed by atoms with Crippen molar-refractivity contribution >= 4 is 0 Å². The molecule has 0 heterocycles. The molecule has 0 radical (unpaired) electrons. The standard InChI is InChI=1S/C12H19NO/c1-3-9-13-11(4-2)10-7-5-6-8-12(10)14/h5-8,11,13-14H,3-4,9H2,1-2H3. The largest absolute Gasteiger partial charge is 0.508 e. The Bertz CT molecular complexity index is 273. The molecule has 0 saturated carbocycles. The highest BCUT2D eigenvalue weighted by atomic mass is 16.3. The Kier molecular flexibility index (Phi) is 4.47. The third kappa shape index (κ3) is 2.74. The molecule has 14 heavy (non-hydrogen) atoms. The van der Waals surface area contributed by atoms with E-state index in [0.29, 0.717) is 5.75 Å². The number of aromatic hydroxyl groups is 1. The summed E-state index contributed by atoms with van der Waals surface area (Å²) < 4.78 is 0. The van der Waals surface area contributed by atoms with Gasteiger partial charge < -0.3 is 10.4 Å². The second-order valence-electron chi connectivity index (χ2n) is 3.47. The van der Waals surface area contributed by atoms with Crippen molar-refractivity contribution in [2.45, 2.75) is 32.7 Å². The van der Waals surface area contributed by atoms with Crippen LogP contribution in [0.1, 0.15) is 38.3 Å². The summed E-state index contributed by atoms with van der Waals surface area (Å²) in [4.78, 5) is 0. The van der Waals surface area contributed by atoms with Gasteiger partial charge in [-0.25, -0.2) is 0 Å². The zero-order valence-corrected chi connectivity index (χ0v) is 8.96. The Morgan fingerprint density at radius 1 is 1.29 bits per heavy atom. The molecule has 0 aromatic heterocycles. The number of hydrogen-bond donors (Lipinski definition) is 2. The fraction of sp³-hybridized carbons (Fsp3) is 0.500. The fourth-order valence-electron chi connectivity index (χ4n) is 1.57. The van der Waals surface area contributed by atoms with Crippen LogP contribution in [0.5, 0.6) is 5.75 Å². The van der Waals surface area contributed by atoms with Crippen LogP contribution in [0.2, 0.25) is 0 Å². The number of benzene rings is 1. The number of phenols is 1. The van der Waals surface area contributed by atoms with Gasteiger partial charge in [-0.15, -0.1) is 0 Å². The second kappa shape index (κ2) is 5.66. The molecule has 78 valence electrons. The van der Waals surface area contributed by atoms with E-state index in [1.807, 2.05) is 18.2 Å². The highest BCUT2D eigenvalue weighted by Gasteiger charge is 2.10. The van der Waals surface area contributed by atoms with Crippen LogP contribution in [0.3, 0.4) is 0 Å².